The Kier molecular flexibility index (Phi) is 6.53. The molecule has 49 heavy (non-hydrogen) atoms. The molecule has 4 saturated heterocycles. The number of ether oxygens (including phenoxy) is 1. The highest BCUT2D eigenvalue weighted by Crippen LogP contribution is 2.69. The first-order valence-corrected chi connectivity index (χ1v) is 16.6. The zero-order chi connectivity index (χ0) is 33.9. The Morgan fingerprint density at radius 2 is 1.90 bits per heavy atom. The van der Waals surface area contributed by atoms with Crippen LogP contribution in [-0.2, 0) is 0 Å². The lowest BCUT2D eigenvalue weighted by Gasteiger charge is -2.34. The summed E-state index contributed by atoms with van der Waals surface area (Å²) in [5.74, 6) is -1.77. The van der Waals surface area contributed by atoms with Crippen molar-refractivity contribution in [2.24, 2.45) is 5.41 Å². The number of aromatic nitrogens is 2. The molecule has 252 valence electrons. The van der Waals surface area contributed by atoms with Crippen LogP contribution < -0.4 is 15.0 Å². The molecule has 5 fully saturated rings. The molecule has 0 amide bonds. The molecule has 2 bridgehead atoms. The Morgan fingerprint density at radius 3 is 2.61 bits per heavy atom. The van der Waals surface area contributed by atoms with Crippen LogP contribution in [0.3, 0.4) is 0 Å². The van der Waals surface area contributed by atoms with Crippen molar-refractivity contribution in [2.45, 2.75) is 62.1 Å². The molecular formula is C36H32F4N6O3. The number of nitrogens with one attached hydrogen (secondary N) is 1. The zero-order valence-corrected chi connectivity index (χ0v) is 26.4. The first kappa shape index (κ1) is 30.5. The van der Waals surface area contributed by atoms with Gasteiger partial charge in [-0.25, -0.2) is 17.6 Å². The van der Waals surface area contributed by atoms with Gasteiger partial charge in [-0.15, -0.1) is 6.42 Å². The topological polar surface area (TPSA) is 96.7 Å². The number of fused-ring (bicyclic) bond motifs is 5. The minimum absolute atomic E-state index is 0.0537. The van der Waals surface area contributed by atoms with Gasteiger partial charge in [-0.05, 0) is 50.1 Å². The molecule has 3 aromatic carbocycles. The predicted octanol–water partition coefficient (Wildman–Crippen LogP) is 6.20. The molecule has 0 radical (unpaired) electrons. The van der Waals surface area contributed by atoms with Gasteiger partial charge in [0.2, 0.25) is 0 Å². The second-order valence-electron chi connectivity index (χ2n) is 14.5. The van der Waals surface area contributed by atoms with Gasteiger partial charge in [0, 0.05) is 55.2 Å². The summed E-state index contributed by atoms with van der Waals surface area (Å²) in [4.78, 5) is 25.3. The average Bonchev–Trinajstić information content (AvgIpc) is 3.40. The van der Waals surface area contributed by atoms with E-state index in [-0.39, 0.29) is 64.1 Å². The number of rotatable bonds is 6. The quantitative estimate of drug-likeness (QED) is 0.112. The molecule has 1 aromatic heterocycles. The largest absolute Gasteiger partial charge is 0.461 e. The fourth-order valence-corrected chi connectivity index (χ4v) is 9.21. The van der Waals surface area contributed by atoms with Gasteiger partial charge in [-0.2, -0.15) is 9.97 Å². The molecule has 0 unspecified atom stereocenters. The molecule has 1 saturated carbocycles. The maximum Gasteiger partial charge on any atom is 0.319 e. The van der Waals surface area contributed by atoms with Gasteiger partial charge in [0.25, 0.3) is 11.6 Å². The van der Waals surface area contributed by atoms with Gasteiger partial charge in [0.05, 0.1) is 32.4 Å². The number of anilines is 1. The summed E-state index contributed by atoms with van der Waals surface area (Å²) in [7, 11) is 0. The fraction of sp³-hybridized carbons (Fsp3) is 0.444. The highest BCUT2D eigenvalue weighted by molar-refractivity contribution is 6.06. The molecule has 1 spiro atoms. The molecule has 5 aliphatic rings. The number of halogens is 4. The Labute approximate surface area is 278 Å². The van der Waals surface area contributed by atoms with Gasteiger partial charge in [-0.3, -0.25) is 15.0 Å². The summed E-state index contributed by atoms with van der Waals surface area (Å²) in [5.41, 5.74) is -2.84. The van der Waals surface area contributed by atoms with Crippen molar-refractivity contribution in [1.29, 1.82) is 0 Å². The first-order valence-electron chi connectivity index (χ1n) is 16.6. The van der Waals surface area contributed by atoms with Crippen LogP contribution in [0.15, 0.2) is 36.4 Å². The number of terminal acetylenes is 1. The molecule has 13 heteroatoms. The molecule has 1 N–H and O–H groups in total. The van der Waals surface area contributed by atoms with Crippen LogP contribution in [0.5, 0.6) is 6.01 Å². The maximum atomic E-state index is 17.2. The monoisotopic (exact) mass is 672 g/mol. The summed E-state index contributed by atoms with van der Waals surface area (Å²) in [6, 6.07) is 8.92. The van der Waals surface area contributed by atoms with E-state index in [4.69, 9.17) is 16.1 Å². The van der Waals surface area contributed by atoms with Crippen LogP contribution in [0.4, 0.5) is 29.1 Å². The molecular weight excluding hydrogens is 640 g/mol. The lowest BCUT2D eigenvalue weighted by molar-refractivity contribution is -0.384. The van der Waals surface area contributed by atoms with Crippen molar-refractivity contribution in [2.75, 3.05) is 37.7 Å². The normalized spacial score (nSPS) is 28.3. The molecule has 4 aliphatic heterocycles. The Bertz CT molecular complexity index is 2130. The summed E-state index contributed by atoms with van der Waals surface area (Å²) in [6.07, 6.45) is 9.29. The van der Waals surface area contributed by atoms with Gasteiger partial charge in [0.1, 0.15) is 23.8 Å². The highest BCUT2D eigenvalue weighted by atomic mass is 19.3. The minimum Gasteiger partial charge on any atom is -0.461 e. The van der Waals surface area contributed by atoms with Crippen molar-refractivity contribution >= 4 is 33.2 Å². The molecule has 9 rings (SSSR count). The number of alkyl halides is 2. The Balaban J connectivity index is 1.21. The van der Waals surface area contributed by atoms with Crippen molar-refractivity contribution in [3.63, 3.8) is 0 Å². The number of hydrogen-bond donors (Lipinski definition) is 1. The van der Waals surface area contributed by atoms with E-state index >= 15 is 4.39 Å². The van der Waals surface area contributed by atoms with Crippen molar-refractivity contribution in [3.05, 3.63) is 63.7 Å². The second kappa shape index (κ2) is 10.5. The minimum atomic E-state index is -2.70. The SMILES string of the molecule is C#Cc1c(F)ccc2cccc(-c3c([N+](=O)[O-])cc4c(N5C[C@H]6CC[C@@H](C5)N6)nc(OC[C@]56CCCN5C[C@]5(CC5(F)F)C6)nc4c3F)c12. The van der Waals surface area contributed by atoms with E-state index < -0.39 is 39.1 Å². The van der Waals surface area contributed by atoms with Crippen molar-refractivity contribution in [1.82, 2.24) is 20.2 Å². The maximum absolute atomic E-state index is 17.2. The van der Waals surface area contributed by atoms with E-state index in [0.29, 0.717) is 50.2 Å². The van der Waals surface area contributed by atoms with Crippen molar-refractivity contribution < 1.29 is 27.2 Å². The number of piperazine rings is 1. The van der Waals surface area contributed by atoms with E-state index in [1.165, 1.54) is 24.3 Å². The Hall–Kier alpha value is -4.54. The number of benzene rings is 3. The summed E-state index contributed by atoms with van der Waals surface area (Å²) in [5, 5.41) is 17.0. The first-order chi connectivity index (χ1) is 23.5. The van der Waals surface area contributed by atoms with E-state index in [0.717, 1.165) is 19.3 Å². The highest BCUT2D eigenvalue weighted by Gasteiger charge is 2.77. The average molecular weight is 673 g/mol. The molecule has 4 aromatic rings. The van der Waals surface area contributed by atoms with Crippen LogP contribution in [0, 0.1) is 39.5 Å². The lowest BCUT2D eigenvalue weighted by atomic mass is 9.89. The molecule has 5 heterocycles. The molecule has 4 atom stereocenters. The number of nitro groups is 1. The van der Waals surface area contributed by atoms with Gasteiger partial charge in [-0.1, -0.05) is 30.2 Å². The molecule has 1 aliphatic carbocycles. The van der Waals surface area contributed by atoms with Crippen LogP contribution in [-0.4, -0.2) is 76.1 Å². The van der Waals surface area contributed by atoms with Crippen LogP contribution in [0.2, 0.25) is 0 Å². The van der Waals surface area contributed by atoms with Crippen molar-refractivity contribution in [3.8, 4) is 29.5 Å². The van der Waals surface area contributed by atoms with Gasteiger partial charge in [0.15, 0.2) is 5.82 Å². The standard InChI is InChI=1S/C36H32F4N6O3/c1-2-23-26(37)10-7-20-5-3-6-24(28(20)23)29-27(46(47)48)13-25-31(30(29)38)42-33(43-32(25)44-14-21-8-9-22(15-44)41-21)49-19-35-11-4-12-45(35)18-34(16-35)17-36(34,39)40/h1,3,5-7,10,13,21-22,41H,4,8-9,11-12,14-19H2/t21-,22+,34-,35-/m1/s1. The third-order valence-corrected chi connectivity index (χ3v) is 11.6. The smallest absolute Gasteiger partial charge is 0.319 e. The van der Waals surface area contributed by atoms with Crippen LogP contribution in [0.25, 0.3) is 32.8 Å². The van der Waals surface area contributed by atoms with Gasteiger partial charge < -0.3 is 15.0 Å². The Morgan fingerprint density at radius 1 is 1.12 bits per heavy atom. The van der Waals surface area contributed by atoms with Crippen LogP contribution >= 0.6 is 0 Å². The summed E-state index contributed by atoms with van der Waals surface area (Å²) in [6.45, 7) is 2.15. The number of nitro benzene ring substituents is 1. The third-order valence-electron chi connectivity index (χ3n) is 11.6. The van der Waals surface area contributed by atoms with E-state index in [1.807, 2.05) is 4.90 Å². The van der Waals surface area contributed by atoms with Gasteiger partial charge >= 0.3 is 6.01 Å². The fourth-order valence-electron chi connectivity index (χ4n) is 9.21. The van der Waals surface area contributed by atoms with Crippen LogP contribution in [0.1, 0.15) is 44.1 Å². The predicted molar refractivity (Wildman–Crippen MR) is 175 cm³/mol. The number of nitrogens with zero attached hydrogens (tertiary/aromatic N) is 5. The summed E-state index contributed by atoms with van der Waals surface area (Å²) < 4.78 is 67.4. The van der Waals surface area contributed by atoms with E-state index in [9.17, 15) is 23.3 Å². The lowest BCUT2D eigenvalue weighted by Crippen LogP contribution is -2.51. The van der Waals surface area contributed by atoms with E-state index in [1.54, 1.807) is 12.1 Å². The molecule has 9 nitrogen and oxygen atoms in total. The summed E-state index contributed by atoms with van der Waals surface area (Å²) >= 11 is 0. The second-order valence-corrected chi connectivity index (χ2v) is 14.5. The zero-order valence-electron chi connectivity index (χ0n) is 26.4. The van der Waals surface area contributed by atoms with E-state index in [2.05, 4.69) is 21.1 Å². The number of hydrogen-bond acceptors (Lipinski definition) is 8. The third kappa shape index (κ3) is 4.53.